The van der Waals surface area contributed by atoms with E-state index in [1.54, 1.807) is 25.1 Å². The van der Waals surface area contributed by atoms with E-state index in [9.17, 15) is 13.2 Å². The molecule has 0 spiro atoms. The van der Waals surface area contributed by atoms with Crippen LogP contribution in [-0.2, 0) is 14.8 Å². The fourth-order valence-corrected chi connectivity index (χ4v) is 4.72. The maximum Gasteiger partial charge on any atom is 0.243 e. The van der Waals surface area contributed by atoms with Gasteiger partial charge in [0.15, 0.2) is 0 Å². The minimum Gasteiger partial charge on any atom is -0.347 e. The van der Waals surface area contributed by atoms with Gasteiger partial charge in [0.25, 0.3) is 0 Å². The van der Waals surface area contributed by atoms with Crippen molar-refractivity contribution in [2.24, 2.45) is 0 Å². The van der Waals surface area contributed by atoms with Gasteiger partial charge < -0.3 is 4.90 Å². The molecule has 1 aromatic carbocycles. The van der Waals surface area contributed by atoms with Crippen LogP contribution in [0.15, 0.2) is 23.1 Å². The average Bonchev–Trinajstić information content (AvgIpc) is 2.53. The number of carbonyl (C=O) groups is 1. The van der Waals surface area contributed by atoms with Crippen molar-refractivity contribution in [3.8, 4) is 0 Å². The lowest BCUT2D eigenvalue weighted by Crippen LogP contribution is -2.54. The molecule has 1 aliphatic heterocycles. The van der Waals surface area contributed by atoms with Crippen LogP contribution in [-0.4, -0.2) is 74.7 Å². The van der Waals surface area contributed by atoms with E-state index in [4.69, 9.17) is 0 Å². The van der Waals surface area contributed by atoms with E-state index in [0.717, 1.165) is 11.1 Å². The van der Waals surface area contributed by atoms with Gasteiger partial charge in [0.05, 0.1) is 10.9 Å². The summed E-state index contributed by atoms with van der Waals surface area (Å²) in [7, 11) is -0.0122. The molecule has 1 heterocycles. The highest BCUT2D eigenvalue weighted by atomic mass is 32.2. The number of likely N-dealkylation sites (N-methyl/N-ethyl adjacent to an activating group) is 1. The Labute approximate surface area is 145 Å². The van der Waals surface area contributed by atoms with Crippen molar-refractivity contribution >= 4 is 15.9 Å². The number of piperazine rings is 1. The van der Waals surface area contributed by atoms with E-state index in [-0.39, 0.29) is 11.9 Å². The Morgan fingerprint density at radius 1 is 1.12 bits per heavy atom. The molecule has 1 atom stereocenters. The van der Waals surface area contributed by atoms with Crippen molar-refractivity contribution in [1.82, 2.24) is 14.1 Å². The van der Waals surface area contributed by atoms with Crippen LogP contribution in [0.5, 0.6) is 0 Å². The van der Waals surface area contributed by atoms with E-state index < -0.39 is 10.0 Å². The fourth-order valence-electron chi connectivity index (χ4n) is 3.09. The number of hydrogen-bond acceptors (Lipinski definition) is 4. The zero-order valence-corrected chi connectivity index (χ0v) is 15.9. The Balaban J connectivity index is 2.10. The summed E-state index contributed by atoms with van der Waals surface area (Å²) < 4.78 is 27.3. The third kappa shape index (κ3) is 3.79. The zero-order chi connectivity index (χ0) is 18.1. The van der Waals surface area contributed by atoms with Gasteiger partial charge in [-0.25, -0.2) is 8.42 Å². The normalized spacial score (nSPS) is 18.4. The molecule has 1 fully saturated rings. The Morgan fingerprint density at radius 3 is 2.21 bits per heavy atom. The number of nitrogens with zero attached hydrogens (tertiary/aromatic N) is 3. The van der Waals surface area contributed by atoms with E-state index in [1.807, 2.05) is 37.8 Å². The van der Waals surface area contributed by atoms with E-state index in [0.29, 0.717) is 31.1 Å². The summed E-state index contributed by atoms with van der Waals surface area (Å²) in [4.78, 5) is 16.1. The van der Waals surface area contributed by atoms with Crippen molar-refractivity contribution in [3.05, 3.63) is 29.3 Å². The van der Waals surface area contributed by atoms with Crippen molar-refractivity contribution in [1.29, 1.82) is 0 Å². The highest BCUT2D eigenvalue weighted by Crippen LogP contribution is 2.22. The summed E-state index contributed by atoms with van der Waals surface area (Å²) in [5, 5.41) is 0. The predicted molar refractivity (Wildman–Crippen MR) is 94.4 cm³/mol. The van der Waals surface area contributed by atoms with Crippen LogP contribution in [0.25, 0.3) is 0 Å². The second-order valence-corrected chi connectivity index (χ2v) is 8.52. The molecule has 0 unspecified atom stereocenters. The SMILES string of the molecule is Cc1ccc(S(=O)(=O)N2CCN([C@H](C)C(=O)N(C)C)CC2)c(C)c1. The third-order valence-corrected chi connectivity index (χ3v) is 6.63. The summed E-state index contributed by atoms with van der Waals surface area (Å²) in [6, 6.07) is 5.17. The molecule has 0 bridgehead atoms. The van der Waals surface area contributed by atoms with Crippen molar-refractivity contribution in [2.45, 2.75) is 31.7 Å². The highest BCUT2D eigenvalue weighted by molar-refractivity contribution is 7.89. The van der Waals surface area contributed by atoms with Crippen molar-refractivity contribution < 1.29 is 13.2 Å². The van der Waals surface area contributed by atoms with Gasteiger partial charge in [-0.3, -0.25) is 9.69 Å². The lowest BCUT2D eigenvalue weighted by atomic mass is 10.2. The minimum atomic E-state index is -3.48. The largest absolute Gasteiger partial charge is 0.347 e. The molecule has 0 aromatic heterocycles. The summed E-state index contributed by atoms with van der Waals surface area (Å²) in [6.07, 6.45) is 0. The molecule has 1 amide bonds. The number of aryl methyl sites for hydroxylation is 2. The molecule has 24 heavy (non-hydrogen) atoms. The predicted octanol–water partition coefficient (Wildman–Crippen LogP) is 1.09. The smallest absolute Gasteiger partial charge is 0.243 e. The molecular formula is C17H27N3O3S. The number of hydrogen-bond donors (Lipinski definition) is 0. The maximum absolute atomic E-state index is 12.9. The van der Waals surface area contributed by atoms with Gasteiger partial charge in [-0.05, 0) is 32.4 Å². The number of amides is 1. The van der Waals surface area contributed by atoms with Gasteiger partial charge in [0.2, 0.25) is 15.9 Å². The molecule has 0 saturated carbocycles. The maximum atomic E-state index is 12.9. The lowest BCUT2D eigenvalue weighted by molar-refractivity contribution is -0.134. The first-order valence-corrected chi connectivity index (χ1v) is 9.61. The molecule has 7 heteroatoms. The Bertz CT molecular complexity index is 708. The van der Waals surface area contributed by atoms with Gasteiger partial charge in [-0.1, -0.05) is 17.7 Å². The van der Waals surface area contributed by atoms with Crippen LogP contribution in [0.3, 0.4) is 0 Å². The summed E-state index contributed by atoms with van der Waals surface area (Å²) in [5.74, 6) is 0.0423. The third-order valence-electron chi connectivity index (χ3n) is 4.57. The van der Waals surface area contributed by atoms with E-state index >= 15 is 0 Å². The Morgan fingerprint density at radius 2 is 1.71 bits per heavy atom. The van der Waals surface area contributed by atoms with Crippen molar-refractivity contribution in [3.63, 3.8) is 0 Å². The second kappa shape index (κ2) is 7.21. The Kier molecular flexibility index (Phi) is 5.67. The first-order valence-electron chi connectivity index (χ1n) is 8.17. The average molecular weight is 353 g/mol. The van der Waals surface area contributed by atoms with Crippen LogP contribution >= 0.6 is 0 Å². The molecule has 1 saturated heterocycles. The zero-order valence-electron chi connectivity index (χ0n) is 15.1. The van der Waals surface area contributed by atoms with E-state index in [2.05, 4.69) is 0 Å². The minimum absolute atomic E-state index is 0.0423. The first kappa shape index (κ1) is 18.9. The second-order valence-electron chi connectivity index (χ2n) is 6.62. The molecule has 0 aliphatic carbocycles. The number of rotatable bonds is 4. The van der Waals surface area contributed by atoms with E-state index in [1.165, 1.54) is 4.31 Å². The van der Waals surface area contributed by atoms with Gasteiger partial charge in [0.1, 0.15) is 0 Å². The monoisotopic (exact) mass is 353 g/mol. The van der Waals surface area contributed by atoms with Gasteiger partial charge >= 0.3 is 0 Å². The quantitative estimate of drug-likeness (QED) is 0.813. The van der Waals surface area contributed by atoms with Gasteiger partial charge in [-0.2, -0.15) is 4.31 Å². The molecule has 134 valence electrons. The molecule has 6 nitrogen and oxygen atoms in total. The molecule has 0 radical (unpaired) electrons. The topological polar surface area (TPSA) is 60.9 Å². The number of carbonyl (C=O) groups excluding carboxylic acids is 1. The van der Waals surface area contributed by atoms with Gasteiger partial charge in [-0.15, -0.1) is 0 Å². The van der Waals surface area contributed by atoms with Crippen LogP contribution in [0.1, 0.15) is 18.1 Å². The van der Waals surface area contributed by atoms with Crippen LogP contribution in [0.2, 0.25) is 0 Å². The highest BCUT2D eigenvalue weighted by Gasteiger charge is 2.32. The van der Waals surface area contributed by atoms with Gasteiger partial charge in [0, 0.05) is 40.3 Å². The van der Waals surface area contributed by atoms with Crippen LogP contribution < -0.4 is 0 Å². The molecule has 1 aliphatic rings. The fraction of sp³-hybridized carbons (Fsp3) is 0.588. The molecule has 1 aromatic rings. The number of benzene rings is 1. The van der Waals surface area contributed by atoms with Crippen LogP contribution in [0.4, 0.5) is 0 Å². The molecular weight excluding hydrogens is 326 g/mol. The summed E-state index contributed by atoms with van der Waals surface area (Å²) in [6.45, 7) is 7.58. The lowest BCUT2D eigenvalue weighted by Gasteiger charge is -2.37. The molecule has 2 rings (SSSR count). The summed E-state index contributed by atoms with van der Waals surface area (Å²) in [5.41, 5.74) is 1.82. The standard InChI is InChI=1S/C17H27N3O3S/c1-13-6-7-16(14(2)12-13)24(22,23)20-10-8-19(9-11-20)15(3)17(21)18(4)5/h6-7,12,15H,8-11H2,1-5H3/t15-/m1/s1. The van der Waals surface area contributed by atoms with Crippen LogP contribution in [0, 0.1) is 13.8 Å². The molecule has 0 N–H and O–H groups in total. The van der Waals surface area contributed by atoms with Crippen molar-refractivity contribution in [2.75, 3.05) is 40.3 Å². The first-order chi connectivity index (χ1) is 11.1. The Hall–Kier alpha value is -1.44. The summed E-state index contributed by atoms with van der Waals surface area (Å²) >= 11 is 0. The number of sulfonamides is 1.